The van der Waals surface area contributed by atoms with E-state index in [9.17, 15) is 4.79 Å². The molecule has 0 aliphatic heterocycles. The molecule has 0 spiro atoms. The average Bonchev–Trinajstić information content (AvgIpc) is 2.48. The maximum absolute atomic E-state index is 12.3. The topological polar surface area (TPSA) is 54.0 Å². The molecule has 2 aromatic rings. The first kappa shape index (κ1) is 14.5. The lowest BCUT2D eigenvalue weighted by atomic mass is 10.2. The highest BCUT2D eigenvalue weighted by molar-refractivity contribution is 9.10. The van der Waals surface area contributed by atoms with Gasteiger partial charge in [0, 0.05) is 23.8 Å². The summed E-state index contributed by atoms with van der Waals surface area (Å²) in [6.07, 6.45) is 1.67. The summed E-state index contributed by atoms with van der Waals surface area (Å²) in [5, 5.41) is 5.99. The Kier molecular flexibility index (Phi) is 5.12. The van der Waals surface area contributed by atoms with Gasteiger partial charge in [-0.15, -0.1) is 0 Å². The number of nitrogens with one attached hydrogen (secondary N) is 2. The molecule has 0 unspecified atom stereocenters. The zero-order chi connectivity index (χ0) is 14.4. The van der Waals surface area contributed by atoms with Crippen LogP contribution >= 0.6 is 15.9 Å². The number of carbonyl (C=O) groups excluding carboxylic acids is 1. The molecule has 104 valence electrons. The van der Waals surface area contributed by atoms with E-state index in [1.807, 2.05) is 37.3 Å². The largest absolute Gasteiger partial charge is 0.370 e. The van der Waals surface area contributed by atoms with Crippen molar-refractivity contribution in [2.45, 2.75) is 13.5 Å². The molecule has 2 N–H and O–H groups in total. The van der Waals surface area contributed by atoms with Crippen LogP contribution in [0.25, 0.3) is 0 Å². The van der Waals surface area contributed by atoms with Crippen molar-refractivity contribution < 1.29 is 4.79 Å². The monoisotopic (exact) mass is 333 g/mol. The average molecular weight is 334 g/mol. The van der Waals surface area contributed by atoms with Crippen molar-refractivity contribution in [3.8, 4) is 0 Å². The van der Waals surface area contributed by atoms with Gasteiger partial charge in [0.25, 0.3) is 5.91 Å². The number of hydrogen-bond donors (Lipinski definition) is 2. The molecule has 0 atom stereocenters. The predicted octanol–water partition coefficient (Wildman–Crippen LogP) is 3.21. The van der Waals surface area contributed by atoms with E-state index in [1.165, 1.54) is 0 Å². The Bertz CT molecular complexity index is 587. The second-order valence-corrected chi connectivity index (χ2v) is 5.16. The van der Waals surface area contributed by atoms with Gasteiger partial charge in [0.1, 0.15) is 5.82 Å². The lowest BCUT2D eigenvalue weighted by molar-refractivity contribution is 0.0951. The molecular formula is C15H16BrN3O. The maximum atomic E-state index is 12.3. The molecule has 0 aliphatic carbocycles. The van der Waals surface area contributed by atoms with Crippen LogP contribution in [0.4, 0.5) is 5.82 Å². The van der Waals surface area contributed by atoms with Gasteiger partial charge in [-0.3, -0.25) is 4.79 Å². The molecule has 1 amide bonds. The van der Waals surface area contributed by atoms with Crippen molar-refractivity contribution in [2.24, 2.45) is 0 Å². The Morgan fingerprint density at radius 2 is 2.05 bits per heavy atom. The second-order valence-electron chi connectivity index (χ2n) is 4.25. The van der Waals surface area contributed by atoms with E-state index in [2.05, 4.69) is 31.5 Å². The Morgan fingerprint density at radius 3 is 2.75 bits per heavy atom. The van der Waals surface area contributed by atoms with Crippen molar-refractivity contribution in [3.05, 3.63) is 58.2 Å². The van der Waals surface area contributed by atoms with Gasteiger partial charge in [-0.05, 0) is 34.5 Å². The fraction of sp³-hybridized carbons (Fsp3) is 0.200. The van der Waals surface area contributed by atoms with Crippen LogP contribution in [-0.4, -0.2) is 17.4 Å². The van der Waals surface area contributed by atoms with E-state index in [0.29, 0.717) is 24.5 Å². The molecule has 20 heavy (non-hydrogen) atoms. The fourth-order valence-corrected chi connectivity index (χ4v) is 2.13. The number of aromatic nitrogens is 1. The molecule has 0 saturated heterocycles. The first-order valence-electron chi connectivity index (χ1n) is 6.42. The Balaban J connectivity index is 2.10. The van der Waals surface area contributed by atoms with Gasteiger partial charge >= 0.3 is 0 Å². The van der Waals surface area contributed by atoms with Crippen LogP contribution in [0.5, 0.6) is 0 Å². The minimum atomic E-state index is -0.140. The van der Waals surface area contributed by atoms with Crippen LogP contribution < -0.4 is 10.6 Å². The van der Waals surface area contributed by atoms with Crippen LogP contribution in [0.3, 0.4) is 0 Å². The highest BCUT2D eigenvalue weighted by Crippen LogP contribution is 2.18. The molecular weight excluding hydrogens is 318 g/mol. The molecule has 0 radical (unpaired) electrons. The SMILES string of the molecule is CCNc1ncc(Br)cc1C(=O)NCc1ccccc1. The maximum Gasteiger partial charge on any atom is 0.255 e. The number of benzene rings is 1. The minimum absolute atomic E-state index is 0.140. The van der Waals surface area contributed by atoms with Crippen molar-refractivity contribution in [2.75, 3.05) is 11.9 Å². The van der Waals surface area contributed by atoms with E-state index in [0.717, 1.165) is 10.0 Å². The smallest absolute Gasteiger partial charge is 0.255 e. The molecule has 1 aromatic carbocycles. The summed E-state index contributed by atoms with van der Waals surface area (Å²) < 4.78 is 0.781. The van der Waals surface area contributed by atoms with Gasteiger partial charge < -0.3 is 10.6 Å². The van der Waals surface area contributed by atoms with Gasteiger partial charge in [-0.1, -0.05) is 30.3 Å². The van der Waals surface area contributed by atoms with Crippen molar-refractivity contribution in [1.29, 1.82) is 0 Å². The number of pyridine rings is 1. The third kappa shape index (κ3) is 3.81. The van der Waals surface area contributed by atoms with E-state index >= 15 is 0 Å². The van der Waals surface area contributed by atoms with Crippen LogP contribution in [0.2, 0.25) is 0 Å². The summed E-state index contributed by atoms with van der Waals surface area (Å²) in [5.41, 5.74) is 1.60. The molecule has 5 heteroatoms. The third-order valence-corrected chi connectivity index (χ3v) is 3.17. The van der Waals surface area contributed by atoms with E-state index in [1.54, 1.807) is 12.3 Å². The number of rotatable bonds is 5. The van der Waals surface area contributed by atoms with Crippen LogP contribution in [0, 0.1) is 0 Å². The number of halogens is 1. The van der Waals surface area contributed by atoms with E-state index in [-0.39, 0.29) is 5.91 Å². The number of carbonyl (C=O) groups is 1. The summed E-state index contributed by atoms with van der Waals surface area (Å²) >= 11 is 3.34. The molecule has 0 fully saturated rings. The predicted molar refractivity (Wildman–Crippen MR) is 83.7 cm³/mol. The lowest BCUT2D eigenvalue weighted by Crippen LogP contribution is -2.24. The quantitative estimate of drug-likeness (QED) is 0.883. The highest BCUT2D eigenvalue weighted by atomic mass is 79.9. The normalized spacial score (nSPS) is 10.1. The zero-order valence-corrected chi connectivity index (χ0v) is 12.8. The van der Waals surface area contributed by atoms with Crippen molar-refractivity contribution in [1.82, 2.24) is 10.3 Å². The van der Waals surface area contributed by atoms with E-state index in [4.69, 9.17) is 0 Å². The summed E-state index contributed by atoms with van der Waals surface area (Å²) in [6, 6.07) is 11.6. The van der Waals surface area contributed by atoms with Crippen LogP contribution in [0.1, 0.15) is 22.8 Å². The summed E-state index contributed by atoms with van der Waals surface area (Å²) in [7, 11) is 0. The van der Waals surface area contributed by atoms with Crippen LogP contribution in [-0.2, 0) is 6.54 Å². The summed E-state index contributed by atoms with van der Waals surface area (Å²) in [4.78, 5) is 16.5. The van der Waals surface area contributed by atoms with Crippen LogP contribution in [0.15, 0.2) is 47.1 Å². The first-order chi connectivity index (χ1) is 9.70. The molecule has 4 nitrogen and oxygen atoms in total. The van der Waals surface area contributed by atoms with Crippen molar-refractivity contribution in [3.63, 3.8) is 0 Å². The third-order valence-electron chi connectivity index (χ3n) is 2.74. The number of anilines is 1. The summed E-state index contributed by atoms with van der Waals surface area (Å²) in [5.74, 6) is 0.458. The van der Waals surface area contributed by atoms with Gasteiger partial charge in [-0.25, -0.2) is 4.98 Å². The number of nitrogens with zero attached hydrogens (tertiary/aromatic N) is 1. The van der Waals surface area contributed by atoms with E-state index < -0.39 is 0 Å². The molecule has 2 rings (SSSR count). The number of amides is 1. The lowest BCUT2D eigenvalue weighted by Gasteiger charge is -2.10. The fourth-order valence-electron chi connectivity index (χ4n) is 1.79. The number of hydrogen-bond acceptors (Lipinski definition) is 3. The minimum Gasteiger partial charge on any atom is -0.370 e. The summed E-state index contributed by atoms with van der Waals surface area (Å²) in [6.45, 7) is 3.18. The molecule has 1 aromatic heterocycles. The van der Waals surface area contributed by atoms with Gasteiger partial charge in [-0.2, -0.15) is 0 Å². The molecule has 0 aliphatic rings. The Morgan fingerprint density at radius 1 is 1.30 bits per heavy atom. The second kappa shape index (κ2) is 7.05. The Labute approximate surface area is 126 Å². The highest BCUT2D eigenvalue weighted by Gasteiger charge is 2.12. The zero-order valence-electron chi connectivity index (χ0n) is 11.2. The Hall–Kier alpha value is -1.88. The first-order valence-corrected chi connectivity index (χ1v) is 7.21. The van der Waals surface area contributed by atoms with Gasteiger partial charge in [0.05, 0.1) is 5.56 Å². The van der Waals surface area contributed by atoms with Gasteiger partial charge in [0.15, 0.2) is 0 Å². The molecule has 1 heterocycles. The van der Waals surface area contributed by atoms with Gasteiger partial charge in [0.2, 0.25) is 0 Å². The standard InChI is InChI=1S/C15H16BrN3O/c1-2-17-14-13(8-12(16)10-18-14)15(20)19-9-11-6-4-3-5-7-11/h3-8,10H,2,9H2,1H3,(H,17,18)(H,19,20). The molecule has 0 saturated carbocycles. The molecule has 0 bridgehead atoms. The van der Waals surface area contributed by atoms with Crippen molar-refractivity contribution >= 4 is 27.7 Å².